The molecule has 0 bridgehead atoms. The lowest BCUT2D eigenvalue weighted by Crippen LogP contribution is -2.11. The predicted molar refractivity (Wildman–Crippen MR) is 76.9 cm³/mol. The quantitative estimate of drug-likeness (QED) is 0.663. The van der Waals surface area contributed by atoms with Gasteiger partial charge in [-0.1, -0.05) is 25.7 Å². The number of methoxy groups -OCH3 is 1. The van der Waals surface area contributed by atoms with Gasteiger partial charge in [-0.15, -0.1) is 0 Å². The molecule has 1 heterocycles. The first-order chi connectivity index (χ1) is 9.25. The van der Waals surface area contributed by atoms with Gasteiger partial charge in [-0.25, -0.2) is 0 Å². The van der Waals surface area contributed by atoms with Gasteiger partial charge in [0, 0.05) is 19.9 Å². The first-order valence-corrected chi connectivity index (χ1v) is 7.05. The van der Waals surface area contributed by atoms with E-state index in [1.54, 1.807) is 20.2 Å². The summed E-state index contributed by atoms with van der Waals surface area (Å²) in [6, 6.07) is 1.81. The Kier molecular flexibility index (Phi) is 7.98. The van der Waals surface area contributed by atoms with Crippen molar-refractivity contribution >= 4 is 0 Å². The van der Waals surface area contributed by atoms with Crippen LogP contribution in [-0.4, -0.2) is 25.3 Å². The van der Waals surface area contributed by atoms with Crippen molar-refractivity contribution in [1.29, 1.82) is 0 Å². The highest BCUT2D eigenvalue weighted by atomic mass is 16.5. The smallest absolute Gasteiger partial charge is 0.254 e. The Morgan fingerprint density at radius 3 is 2.37 bits per heavy atom. The largest absolute Gasteiger partial charge is 0.493 e. The summed E-state index contributed by atoms with van der Waals surface area (Å²) in [6.45, 7) is 3.33. The first-order valence-electron chi connectivity index (χ1n) is 7.05. The lowest BCUT2D eigenvalue weighted by atomic mass is 10.1. The third-order valence-corrected chi connectivity index (χ3v) is 3.16. The molecule has 0 unspecified atom stereocenters. The van der Waals surface area contributed by atoms with Crippen LogP contribution in [0.1, 0.15) is 44.1 Å². The van der Waals surface area contributed by atoms with E-state index in [0.717, 1.165) is 19.4 Å². The van der Waals surface area contributed by atoms with Crippen molar-refractivity contribution in [2.24, 2.45) is 0 Å². The van der Waals surface area contributed by atoms with Crippen LogP contribution in [0.4, 0.5) is 0 Å². The normalized spacial score (nSPS) is 10.6. The van der Waals surface area contributed by atoms with E-state index in [4.69, 9.17) is 9.47 Å². The van der Waals surface area contributed by atoms with Crippen LogP contribution in [-0.2, 0) is 4.74 Å². The number of pyridine rings is 1. The van der Waals surface area contributed by atoms with Crippen molar-refractivity contribution < 1.29 is 9.47 Å². The SMILES string of the molecule is COCCCCCCCCOc1cc[nH]c(=O)c1C. The van der Waals surface area contributed by atoms with Gasteiger partial charge in [-0.2, -0.15) is 0 Å². The molecular weight excluding hydrogens is 242 g/mol. The summed E-state index contributed by atoms with van der Waals surface area (Å²) < 4.78 is 10.6. The average Bonchev–Trinajstić information content (AvgIpc) is 2.41. The molecule has 0 atom stereocenters. The van der Waals surface area contributed by atoms with Crippen LogP contribution in [0.2, 0.25) is 0 Å². The third-order valence-electron chi connectivity index (χ3n) is 3.16. The Balaban J connectivity index is 2.05. The Morgan fingerprint density at radius 1 is 1.05 bits per heavy atom. The molecule has 0 fully saturated rings. The Labute approximate surface area is 115 Å². The molecular formula is C15H25NO3. The van der Waals surface area contributed by atoms with Gasteiger partial charge in [0.15, 0.2) is 0 Å². The minimum Gasteiger partial charge on any atom is -0.493 e. The van der Waals surface area contributed by atoms with Crippen LogP contribution in [0, 0.1) is 6.92 Å². The first kappa shape index (κ1) is 15.8. The number of hydrogen-bond acceptors (Lipinski definition) is 3. The molecule has 0 spiro atoms. The number of rotatable bonds is 10. The van der Waals surface area contributed by atoms with Crippen LogP contribution in [0.3, 0.4) is 0 Å². The minimum absolute atomic E-state index is 0.0735. The molecule has 4 nitrogen and oxygen atoms in total. The third kappa shape index (κ3) is 6.43. The Morgan fingerprint density at radius 2 is 1.68 bits per heavy atom. The molecule has 0 saturated heterocycles. The van der Waals surface area contributed by atoms with Crippen molar-refractivity contribution in [2.45, 2.75) is 45.4 Å². The van der Waals surface area contributed by atoms with E-state index in [1.807, 2.05) is 6.07 Å². The summed E-state index contributed by atoms with van der Waals surface area (Å²) >= 11 is 0. The molecule has 19 heavy (non-hydrogen) atoms. The number of nitrogens with one attached hydrogen (secondary N) is 1. The van der Waals surface area contributed by atoms with Crippen LogP contribution in [0.5, 0.6) is 5.75 Å². The van der Waals surface area contributed by atoms with Gasteiger partial charge in [-0.05, 0) is 25.8 Å². The fourth-order valence-electron chi connectivity index (χ4n) is 1.93. The van der Waals surface area contributed by atoms with Gasteiger partial charge in [0.25, 0.3) is 5.56 Å². The van der Waals surface area contributed by atoms with Crippen molar-refractivity contribution in [3.8, 4) is 5.75 Å². The highest BCUT2D eigenvalue weighted by molar-refractivity contribution is 5.28. The van der Waals surface area contributed by atoms with Crippen LogP contribution in [0.25, 0.3) is 0 Å². The zero-order valence-electron chi connectivity index (χ0n) is 12.0. The Bertz CT molecular complexity index is 401. The van der Waals surface area contributed by atoms with E-state index in [0.29, 0.717) is 17.9 Å². The number of hydrogen-bond donors (Lipinski definition) is 1. The summed E-state index contributed by atoms with van der Waals surface area (Å²) in [5.41, 5.74) is 0.581. The second-order valence-corrected chi connectivity index (χ2v) is 4.76. The zero-order chi connectivity index (χ0) is 13.9. The monoisotopic (exact) mass is 267 g/mol. The van der Waals surface area contributed by atoms with E-state index in [1.165, 1.54) is 25.7 Å². The van der Waals surface area contributed by atoms with Gasteiger partial charge in [0.1, 0.15) is 5.75 Å². The topological polar surface area (TPSA) is 51.3 Å². The summed E-state index contributed by atoms with van der Waals surface area (Å²) in [7, 11) is 1.74. The van der Waals surface area contributed by atoms with Crippen molar-refractivity contribution in [3.63, 3.8) is 0 Å². The second kappa shape index (κ2) is 9.62. The molecule has 0 radical (unpaired) electrons. The summed E-state index contributed by atoms with van der Waals surface area (Å²) in [5.74, 6) is 0.698. The maximum atomic E-state index is 11.4. The number of unbranched alkanes of at least 4 members (excludes halogenated alkanes) is 5. The fourth-order valence-corrected chi connectivity index (χ4v) is 1.93. The summed E-state index contributed by atoms with van der Waals surface area (Å²) in [6.07, 6.45) is 8.72. The molecule has 0 aromatic carbocycles. The summed E-state index contributed by atoms with van der Waals surface area (Å²) in [4.78, 5) is 14.0. The summed E-state index contributed by atoms with van der Waals surface area (Å²) in [5, 5.41) is 0. The second-order valence-electron chi connectivity index (χ2n) is 4.76. The number of aromatic amines is 1. The molecule has 1 N–H and O–H groups in total. The van der Waals surface area contributed by atoms with Crippen molar-refractivity contribution in [3.05, 3.63) is 28.2 Å². The van der Waals surface area contributed by atoms with E-state index >= 15 is 0 Å². The number of H-pyrrole nitrogens is 1. The molecule has 0 aliphatic rings. The highest BCUT2D eigenvalue weighted by Gasteiger charge is 2.01. The van der Waals surface area contributed by atoms with Crippen LogP contribution in [0.15, 0.2) is 17.1 Å². The molecule has 1 aromatic heterocycles. The van der Waals surface area contributed by atoms with E-state index in [9.17, 15) is 4.79 Å². The maximum Gasteiger partial charge on any atom is 0.254 e. The van der Waals surface area contributed by atoms with Gasteiger partial charge in [0.05, 0.1) is 12.2 Å². The fraction of sp³-hybridized carbons (Fsp3) is 0.667. The lowest BCUT2D eigenvalue weighted by Gasteiger charge is -2.07. The number of ether oxygens (including phenoxy) is 2. The molecule has 0 aliphatic carbocycles. The molecule has 1 rings (SSSR count). The van der Waals surface area contributed by atoms with Gasteiger partial charge >= 0.3 is 0 Å². The zero-order valence-corrected chi connectivity index (χ0v) is 12.0. The van der Waals surface area contributed by atoms with Crippen LogP contribution >= 0.6 is 0 Å². The highest BCUT2D eigenvalue weighted by Crippen LogP contribution is 2.13. The predicted octanol–water partition coefficient (Wildman–Crippen LogP) is 3.05. The van der Waals surface area contributed by atoms with E-state index in [-0.39, 0.29) is 5.56 Å². The molecule has 0 saturated carbocycles. The van der Waals surface area contributed by atoms with Crippen molar-refractivity contribution in [1.82, 2.24) is 4.98 Å². The molecule has 4 heteroatoms. The van der Waals surface area contributed by atoms with Gasteiger partial charge in [0.2, 0.25) is 0 Å². The molecule has 0 aliphatic heterocycles. The average molecular weight is 267 g/mol. The molecule has 1 aromatic rings. The standard InChI is InChI=1S/C15H25NO3/c1-13-14(9-10-16-15(13)17)19-12-8-6-4-3-5-7-11-18-2/h9-10H,3-8,11-12H2,1-2H3,(H,16,17). The Hall–Kier alpha value is -1.29. The van der Waals surface area contributed by atoms with Gasteiger partial charge in [-0.3, -0.25) is 4.79 Å². The molecule has 108 valence electrons. The lowest BCUT2D eigenvalue weighted by molar-refractivity contribution is 0.191. The molecule has 0 amide bonds. The van der Waals surface area contributed by atoms with E-state index < -0.39 is 0 Å². The maximum absolute atomic E-state index is 11.4. The van der Waals surface area contributed by atoms with Crippen LogP contribution < -0.4 is 10.3 Å². The van der Waals surface area contributed by atoms with Crippen molar-refractivity contribution in [2.75, 3.05) is 20.3 Å². The van der Waals surface area contributed by atoms with Gasteiger partial charge < -0.3 is 14.5 Å². The number of aromatic nitrogens is 1. The minimum atomic E-state index is -0.0735. The van der Waals surface area contributed by atoms with E-state index in [2.05, 4.69) is 4.98 Å².